The summed E-state index contributed by atoms with van der Waals surface area (Å²) in [5, 5.41) is 13.9. The van der Waals surface area contributed by atoms with Crippen LogP contribution in [0.1, 0.15) is 23.9 Å². The molecule has 124 valence electrons. The van der Waals surface area contributed by atoms with Gasteiger partial charge >= 0.3 is 6.18 Å². The molecule has 1 aliphatic heterocycles. The molecule has 2 aromatic rings. The van der Waals surface area contributed by atoms with Crippen molar-refractivity contribution in [2.75, 3.05) is 18.5 Å². The smallest absolute Gasteiger partial charge is 0.372 e. The lowest BCUT2D eigenvalue weighted by atomic mass is 9.99. The Kier molecular flexibility index (Phi) is 4.20. The van der Waals surface area contributed by atoms with Crippen molar-refractivity contribution in [1.82, 2.24) is 20.0 Å². The van der Waals surface area contributed by atoms with Crippen molar-refractivity contribution < 1.29 is 17.9 Å². The van der Waals surface area contributed by atoms with Crippen LogP contribution in [0.5, 0.6) is 0 Å². The fourth-order valence-electron chi connectivity index (χ4n) is 2.65. The summed E-state index contributed by atoms with van der Waals surface area (Å²) < 4.78 is 44.9. The Bertz CT molecular complexity index is 655. The Morgan fingerprint density at radius 1 is 1.30 bits per heavy atom. The normalized spacial score (nSPS) is 21.6. The van der Waals surface area contributed by atoms with E-state index in [1.165, 1.54) is 6.07 Å². The monoisotopic (exact) mass is 327 g/mol. The standard InChI is InChI=1S/C14H16F3N5O/c1-22-10(4-6-19-22)13-9(5-7-23-13)8-18-12-3-2-11(20-21-12)14(15,16)17/h2-4,6,9,13H,5,7-8H2,1H3,(H,18,21)/t9-,13+/m0/s1. The van der Waals surface area contributed by atoms with E-state index >= 15 is 0 Å². The number of aromatic nitrogens is 4. The minimum Gasteiger partial charge on any atom is -0.372 e. The van der Waals surface area contributed by atoms with Crippen LogP contribution < -0.4 is 5.32 Å². The second-order valence-electron chi connectivity index (χ2n) is 5.40. The number of ether oxygens (including phenoxy) is 1. The molecular formula is C14H16F3N5O. The highest BCUT2D eigenvalue weighted by Crippen LogP contribution is 2.34. The average molecular weight is 327 g/mol. The van der Waals surface area contributed by atoms with E-state index in [2.05, 4.69) is 20.6 Å². The molecule has 0 amide bonds. The number of halogens is 3. The van der Waals surface area contributed by atoms with E-state index in [-0.39, 0.29) is 12.0 Å². The highest BCUT2D eigenvalue weighted by Gasteiger charge is 2.33. The van der Waals surface area contributed by atoms with Gasteiger partial charge in [0, 0.05) is 32.3 Å². The molecule has 9 heteroatoms. The molecule has 0 saturated carbocycles. The molecular weight excluding hydrogens is 311 g/mol. The second kappa shape index (κ2) is 6.15. The fraction of sp³-hybridized carbons (Fsp3) is 0.500. The zero-order valence-corrected chi connectivity index (χ0v) is 12.4. The number of hydrogen-bond donors (Lipinski definition) is 1. The van der Waals surface area contributed by atoms with Crippen LogP contribution in [0.15, 0.2) is 24.4 Å². The number of nitrogens with one attached hydrogen (secondary N) is 1. The summed E-state index contributed by atoms with van der Waals surface area (Å²) in [7, 11) is 1.85. The van der Waals surface area contributed by atoms with Gasteiger partial charge in [-0.1, -0.05) is 0 Å². The van der Waals surface area contributed by atoms with E-state index < -0.39 is 11.9 Å². The maximum Gasteiger partial charge on any atom is 0.435 e. The molecule has 0 bridgehead atoms. The first-order chi connectivity index (χ1) is 10.9. The van der Waals surface area contributed by atoms with Crippen LogP contribution >= 0.6 is 0 Å². The van der Waals surface area contributed by atoms with Gasteiger partial charge in [-0.05, 0) is 24.6 Å². The number of nitrogens with zero attached hydrogens (tertiary/aromatic N) is 4. The Morgan fingerprint density at radius 3 is 2.74 bits per heavy atom. The number of rotatable bonds is 4. The van der Waals surface area contributed by atoms with Gasteiger partial charge in [-0.25, -0.2) is 0 Å². The molecule has 23 heavy (non-hydrogen) atoms. The third-order valence-corrected chi connectivity index (χ3v) is 3.86. The Hall–Kier alpha value is -2.16. The maximum absolute atomic E-state index is 12.4. The molecule has 1 fully saturated rings. The Morgan fingerprint density at radius 2 is 2.13 bits per heavy atom. The summed E-state index contributed by atoms with van der Waals surface area (Å²) in [5.41, 5.74) is -0.0205. The zero-order chi connectivity index (χ0) is 16.4. The van der Waals surface area contributed by atoms with E-state index in [1.54, 1.807) is 10.9 Å². The lowest BCUT2D eigenvalue weighted by Crippen LogP contribution is -2.20. The van der Waals surface area contributed by atoms with Crippen LogP contribution in [-0.4, -0.2) is 33.1 Å². The molecule has 1 aliphatic rings. The summed E-state index contributed by atoms with van der Waals surface area (Å²) >= 11 is 0. The summed E-state index contributed by atoms with van der Waals surface area (Å²) in [6, 6.07) is 4.10. The van der Waals surface area contributed by atoms with Crippen molar-refractivity contribution in [3.8, 4) is 0 Å². The molecule has 0 unspecified atom stereocenters. The lowest BCUT2D eigenvalue weighted by molar-refractivity contribution is -0.141. The van der Waals surface area contributed by atoms with Gasteiger partial charge in [0.25, 0.3) is 0 Å². The predicted molar refractivity (Wildman–Crippen MR) is 75.5 cm³/mol. The van der Waals surface area contributed by atoms with Crippen molar-refractivity contribution >= 4 is 5.82 Å². The minimum absolute atomic E-state index is 0.0857. The van der Waals surface area contributed by atoms with E-state index in [0.717, 1.165) is 18.2 Å². The van der Waals surface area contributed by atoms with Crippen molar-refractivity contribution in [1.29, 1.82) is 0 Å². The zero-order valence-electron chi connectivity index (χ0n) is 12.4. The SMILES string of the molecule is Cn1nccc1[C@@H]1OCC[C@H]1CNc1ccc(C(F)(F)F)nn1. The molecule has 0 radical (unpaired) electrons. The molecule has 1 N–H and O–H groups in total. The first-order valence-electron chi connectivity index (χ1n) is 7.19. The van der Waals surface area contributed by atoms with Gasteiger partial charge in [0.1, 0.15) is 11.9 Å². The highest BCUT2D eigenvalue weighted by atomic mass is 19.4. The summed E-state index contributed by atoms with van der Waals surface area (Å²) in [5.74, 6) is 0.503. The Balaban J connectivity index is 1.62. The first kappa shape index (κ1) is 15.7. The van der Waals surface area contributed by atoms with Gasteiger partial charge in [0.15, 0.2) is 5.69 Å². The van der Waals surface area contributed by atoms with Crippen molar-refractivity contribution in [2.45, 2.75) is 18.7 Å². The van der Waals surface area contributed by atoms with Crippen molar-refractivity contribution in [3.05, 3.63) is 35.8 Å². The Labute approximate surface area is 130 Å². The van der Waals surface area contributed by atoms with Crippen LogP contribution in [0.4, 0.5) is 19.0 Å². The van der Waals surface area contributed by atoms with Gasteiger partial charge in [0.05, 0.1) is 5.69 Å². The fourth-order valence-corrected chi connectivity index (χ4v) is 2.65. The topological polar surface area (TPSA) is 64.9 Å². The summed E-state index contributed by atoms with van der Waals surface area (Å²) in [4.78, 5) is 0. The number of hydrogen-bond acceptors (Lipinski definition) is 5. The predicted octanol–water partition coefficient (Wildman–Crippen LogP) is 2.42. The largest absolute Gasteiger partial charge is 0.435 e. The van der Waals surface area contributed by atoms with E-state index in [9.17, 15) is 13.2 Å². The first-order valence-corrected chi connectivity index (χ1v) is 7.19. The van der Waals surface area contributed by atoms with Crippen LogP contribution in [0.25, 0.3) is 0 Å². The van der Waals surface area contributed by atoms with Crippen LogP contribution in [-0.2, 0) is 18.0 Å². The summed E-state index contributed by atoms with van der Waals surface area (Å²) in [6.07, 6.45) is -1.99. The number of anilines is 1. The molecule has 3 rings (SSSR count). The molecule has 3 heterocycles. The minimum atomic E-state index is -4.48. The second-order valence-corrected chi connectivity index (χ2v) is 5.40. The molecule has 6 nitrogen and oxygen atoms in total. The maximum atomic E-state index is 12.4. The molecule has 1 saturated heterocycles. The highest BCUT2D eigenvalue weighted by molar-refractivity contribution is 5.33. The third kappa shape index (κ3) is 3.44. The van der Waals surface area contributed by atoms with E-state index in [4.69, 9.17) is 4.74 Å². The van der Waals surface area contributed by atoms with Gasteiger partial charge in [-0.15, -0.1) is 10.2 Å². The van der Waals surface area contributed by atoms with E-state index in [1.807, 2.05) is 13.1 Å². The van der Waals surface area contributed by atoms with Gasteiger partial charge in [-0.2, -0.15) is 18.3 Å². The van der Waals surface area contributed by atoms with E-state index in [0.29, 0.717) is 19.0 Å². The third-order valence-electron chi connectivity index (χ3n) is 3.86. The van der Waals surface area contributed by atoms with Crippen molar-refractivity contribution in [3.63, 3.8) is 0 Å². The number of alkyl halides is 3. The van der Waals surface area contributed by atoms with Gasteiger partial charge in [-0.3, -0.25) is 4.68 Å². The van der Waals surface area contributed by atoms with Crippen LogP contribution in [0, 0.1) is 5.92 Å². The van der Waals surface area contributed by atoms with Crippen LogP contribution in [0.2, 0.25) is 0 Å². The molecule has 2 atom stereocenters. The lowest BCUT2D eigenvalue weighted by Gasteiger charge is -2.19. The average Bonchev–Trinajstić information content (AvgIpc) is 3.12. The molecule has 0 aromatic carbocycles. The van der Waals surface area contributed by atoms with Gasteiger partial charge in [0.2, 0.25) is 0 Å². The summed E-state index contributed by atoms with van der Waals surface area (Å²) in [6.45, 7) is 1.18. The van der Waals surface area contributed by atoms with Crippen molar-refractivity contribution in [2.24, 2.45) is 13.0 Å². The van der Waals surface area contributed by atoms with Gasteiger partial charge < -0.3 is 10.1 Å². The quantitative estimate of drug-likeness (QED) is 0.934. The molecule has 0 aliphatic carbocycles. The molecule has 2 aromatic heterocycles. The number of aryl methyl sites for hydroxylation is 1. The van der Waals surface area contributed by atoms with Crippen LogP contribution in [0.3, 0.4) is 0 Å². The molecule has 0 spiro atoms.